The van der Waals surface area contributed by atoms with Crippen LogP contribution in [-0.2, 0) is 4.57 Å². The summed E-state index contributed by atoms with van der Waals surface area (Å²) in [6.45, 7) is 5.48. The molecule has 0 spiro atoms. The number of hydrogen-bond acceptors (Lipinski definition) is 7. The normalized spacial score (nSPS) is 25.3. The van der Waals surface area contributed by atoms with E-state index >= 15 is 0 Å². The topological polar surface area (TPSA) is 114 Å². The van der Waals surface area contributed by atoms with E-state index in [1.807, 2.05) is 6.92 Å². The predicted molar refractivity (Wildman–Crippen MR) is 123 cm³/mol. The number of nitrogens with zero attached hydrogens (tertiary/aromatic N) is 4. The van der Waals surface area contributed by atoms with Gasteiger partial charge in [-0.3, -0.25) is 4.99 Å². The third kappa shape index (κ3) is 4.05. The first-order valence-electron chi connectivity index (χ1n) is 10.6. The van der Waals surface area contributed by atoms with Crippen molar-refractivity contribution in [2.75, 3.05) is 18.6 Å². The summed E-state index contributed by atoms with van der Waals surface area (Å²) in [7, 11) is -2.90. The molecule has 0 radical (unpaired) electrons. The number of aliphatic imine (C=N–C) groups is 1. The van der Waals surface area contributed by atoms with E-state index in [4.69, 9.17) is 15.5 Å². The summed E-state index contributed by atoms with van der Waals surface area (Å²) < 4.78 is 34.0. The van der Waals surface area contributed by atoms with Crippen LogP contribution in [-0.4, -0.2) is 34.8 Å². The van der Waals surface area contributed by atoms with Gasteiger partial charge in [-0.1, -0.05) is 6.92 Å². The molecule has 2 N–H and O–H groups in total. The predicted octanol–water partition coefficient (Wildman–Crippen LogP) is 4.26. The monoisotopic (exact) mass is 453 g/mol. The van der Waals surface area contributed by atoms with Gasteiger partial charge in [0.05, 0.1) is 17.8 Å². The molecule has 7 nitrogen and oxygen atoms in total. The second-order valence-corrected chi connectivity index (χ2v) is 11.5. The van der Waals surface area contributed by atoms with Crippen LogP contribution in [0.25, 0.3) is 5.57 Å². The van der Waals surface area contributed by atoms with Crippen LogP contribution in [0.2, 0.25) is 0 Å². The lowest BCUT2D eigenvalue weighted by Gasteiger charge is -2.27. The van der Waals surface area contributed by atoms with Crippen molar-refractivity contribution in [3.05, 3.63) is 46.9 Å². The summed E-state index contributed by atoms with van der Waals surface area (Å²) in [6.07, 6.45) is 1.40. The van der Waals surface area contributed by atoms with Crippen molar-refractivity contribution >= 4 is 29.5 Å². The Kier molecular flexibility index (Phi) is 5.87. The maximum atomic E-state index is 14.1. The Bertz CT molecular complexity index is 1230. The zero-order valence-corrected chi connectivity index (χ0v) is 19.2. The van der Waals surface area contributed by atoms with Crippen LogP contribution >= 0.6 is 7.14 Å². The summed E-state index contributed by atoms with van der Waals surface area (Å²) in [5.74, 6) is -0.0831. The van der Waals surface area contributed by atoms with Crippen molar-refractivity contribution in [3.8, 4) is 11.8 Å². The lowest BCUT2D eigenvalue weighted by Crippen LogP contribution is -2.23. The standard InChI is InChI=1S/C23H25FN5O2P/c1-4-16-9-14(12-25)22-18(27-16)7-8-32(3,30)21-6-5-15(24)10-17(21)13(2)31-20-11-19(22)28-29-23(20)26/h5-6,10-11,13,16H,4,7-9H2,1-3H3,(H2,26,29). The Labute approximate surface area is 186 Å². The van der Waals surface area contributed by atoms with E-state index in [9.17, 15) is 14.2 Å². The van der Waals surface area contributed by atoms with Gasteiger partial charge in [0.2, 0.25) is 0 Å². The highest BCUT2D eigenvalue weighted by atomic mass is 31.2. The highest BCUT2D eigenvalue weighted by Gasteiger charge is 2.31. The fourth-order valence-electron chi connectivity index (χ4n) is 4.25. The van der Waals surface area contributed by atoms with Gasteiger partial charge in [-0.05, 0) is 44.6 Å². The van der Waals surface area contributed by atoms with Crippen LogP contribution in [0.5, 0.6) is 5.75 Å². The molecule has 3 heterocycles. The van der Waals surface area contributed by atoms with Crippen molar-refractivity contribution in [1.29, 1.82) is 5.26 Å². The van der Waals surface area contributed by atoms with E-state index in [0.717, 1.165) is 6.42 Å². The van der Waals surface area contributed by atoms with Gasteiger partial charge in [0.25, 0.3) is 0 Å². The van der Waals surface area contributed by atoms with Crippen molar-refractivity contribution < 1.29 is 13.7 Å². The van der Waals surface area contributed by atoms with Gasteiger partial charge in [-0.25, -0.2) is 4.39 Å². The molecule has 2 aliphatic rings. The third-order valence-corrected chi connectivity index (χ3v) is 8.54. The first kappa shape index (κ1) is 22.2. The van der Waals surface area contributed by atoms with Gasteiger partial charge >= 0.3 is 0 Å². The van der Waals surface area contributed by atoms with Crippen LogP contribution in [0.4, 0.5) is 10.2 Å². The average molecular weight is 453 g/mol. The largest absolute Gasteiger partial charge is 0.482 e. The highest BCUT2D eigenvalue weighted by Crippen LogP contribution is 2.45. The quantitative estimate of drug-likeness (QED) is 0.646. The van der Waals surface area contributed by atoms with Crippen molar-refractivity contribution in [2.24, 2.45) is 4.99 Å². The van der Waals surface area contributed by atoms with Gasteiger partial charge in [-0.2, -0.15) is 5.26 Å². The van der Waals surface area contributed by atoms with Crippen LogP contribution in [0.15, 0.2) is 34.8 Å². The second kappa shape index (κ2) is 8.48. The summed E-state index contributed by atoms with van der Waals surface area (Å²) in [4.78, 5) is 4.86. The number of anilines is 1. The minimum atomic E-state index is -2.90. The van der Waals surface area contributed by atoms with Gasteiger partial charge in [0.1, 0.15) is 19.1 Å². The SMILES string of the molecule is CCC1CC(C#N)=C2C(=N1)CCP(C)(=O)c1ccc(F)cc1C(C)Oc1cc2nnc1N. The molecule has 0 saturated heterocycles. The van der Waals surface area contributed by atoms with Crippen molar-refractivity contribution in [1.82, 2.24) is 10.2 Å². The molecule has 2 bridgehead atoms. The molecule has 4 rings (SSSR count). The molecule has 1 aromatic heterocycles. The molecular formula is C23H25FN5O2P. The van der Waals surface area contributed by atoms with Gasteiger partial charge < -0.3 is 15.0 Å². The lowest BCUT2D eigenvalue weighted by atomic mass is 9.90. The van der Waals surface area contributed by atoms with E-state index in [2.05, 4.69) is 16.3 Å². The van der Waals surface area contributed by atoms with E-state index in [-0.39, 0.29) is 17.6 Å². The lowest BCUT2D eigenvalue weighted by molar-refractivity contribution is 0.227. The zero-order chi connectivity index (χ0) is 23.0. The number of nitriles is 1. The molecule has 166 valence electrons. The minimum Gasteiger partial charge on any atom is -0.482 e. The molecule has 0 amide bonds. The molecule has 2 aliphatic heterocycles. The van der Waals surface area contributed by atoms with E-state index in [0.29, 0.717) is 52.4 Å². The fourth-order valence-corrected chi connectivity index (χ4v) is 6.31. The zero-order valence-electron chi connectivity index (χ0n) is 18.3. The Hall–Kier alpha value is -3.04. The molecule has 0 fully saturated rings. The number of dihydropyridines is 1. The number of allylic oxidation sites excluding steroid dienone is 1. The van der Waals surface area contributed by atoms with E-state index in [1.165, 1.54) is 12.1 Å². The molecule has 0 aliphatic carbocycles. The number of hydrogen-bond donors (Lipinski definition) is 1. The molecule has 32 heavy (non-hydrogen) atoms. The van der Waals surface area contributed by atoms with E-state index in [1.54, 1.807) is 25.7 Å². The van der Waals surface area contributed by atoms with E-state index < -0.39 is 19.1 Å². The summed E-state index contributed by atoms with van der Waals surface area (Å²) in [5, 5.41) is 18.7. The summed E-state index contributed by atoms with van der Waals surface area (Å²) in [5.41, 5.74) is 8.85. The number of ether oxygens (including phenoxy) is 1. The first-order chi connectivity index (χ1) is 15.2. The Morgan fingerprint density at radius 3 is 2.84 bits per heavy atom. The maximum absolute atomic E-state index is 14.1. The Balaban J connectivity index is 1.95. The molecule has 9 heteroatoms. The number of nitrogen functional groups attached to an aromatic ring is 1. The van der Waals surface area contributed by atoms with Crippen LogP contribution in [0.1, 0.15) is 50.5 Å². The maximum Gasteiger partial charge on any atom is 0.188 e. The fraction of sp³-hybridized carbons (Fsp3) is 0.391. The number of rotatable bonds is 1. The molecular weight excluding hydrogens is 428 g/mol. The number of halogens is 1. The summed E-state index contributed by atoms with van der Waals surface area (Å²) >= 11 is 0. The smallest absolute Gasteiger partial charge is 0.188 e. The van der Waals surface area contributed by atoms with Crippen molar-refractivity contribution in [2.45, 2.75) is 45.3 Å². The third-order valence-electron chi connectivity index (χ3n) is 6.03. The first-order valence-corrected chi connectivity index (χ1v) is 12.9. The Morgan fingerprint density at radius 1 is 1.34 bits per heavy atom. The molecule has 1 aromatic carbocycles. The number of nitrogens with two attached hydrogens (primary N) is 1. The number of aromatic nitrogens is 2. The summed E-state index contributed by atoms with van der Waals surface area (Å²) in [6, 6.07) is 8.19. The highest BCUT2D eigenvalue weighted by molar-refractivity contribution is 7.71. The molecule has 2 aromatic rings. The minimum absolute atomic E-state index is 0.0218. The van der Waals surface area contributed by atoms with Crippen LogP contribution in [0.3, 0.4) is 0 Å². The van der Waals surface area contributed by atoms with Gasteiger partial charge in [0, 0.05) is 46.4 Å². The van der Waals surface area contributed by atoms with Crippen molar-refractivity contribution in [3.63, 3.8) is 0 Å². The number of benzene rings is 1. The molecule has 3 atom stereocenters. The van der Waals surface area contributed by atoms with Gasteiger partial charge in [-0.15, -0.1) is 10.2 Å². The van der Waals surface area contributed by atoms with Gasteiger partial charge in [0.15, 0.2) is 11.6 Å². The van der Waals surface area contributed by atoms with Crippen LogP contribution < -0.4 is 15.8 Å². The number of fused-ring (bicyclic) bond motifs is 5. The molecule has 3 unspecified atom stereocenters. The second-order valence-electron chi connectivity index (χ2n) is 8.32. The molecule has 0 saturated carbocycles. The Morgan fingerprint density at radius 2 is 2.12 bits per heavy atom. The average Bonchev–Trinajstić information content (AvgIpc) is 2.77. The van der Waals surface area contributed by atoms with Crippen LogP contribution in [0, 0.1) is 17.1 Å².